The zero-order valence-electron chi connectivity index (χ0n) is 11.8. The highest BCUT2D eigenvalue weighted by Crippen LogP contribution is 2.29. The lowest BCUT2D eigenvalue weighted by Gasteiger charge is -2.37. The van der Waals surface area contributed by atoms with Crippen LogP contribution in [0.15, 0.2) is 35.9 Å². The van der Waals surface area contributed by atoms with Crippen molar-refractivity contribution in [2.75, 3.05) is 13.1 Å². The van der Waals surface area contributed by atoms with E-state index >= 15 is 0 Å². The molecule has 2 atom stereocenters. The maximum atomic E-state index is 6.36. The second kappa shape index (κ2) is 6.56. The fraction of sp³-hybridized carbons (Fsp3) is 0.500. The third-order valence-corrected chi connectivity index (χ3v) is 4.16. The minimum atomic E-state index is 0.144. The van der Waals surface area contributed by atoms with Crippen molar-refractivity contribution >= 4 is 11.6 Å². The maximum absolute atomic E-state index is 6.36. The third kappa shape index (κ3) is 3.59. The van der Waals surface area contributed by atoms with Crippen molar-refractivity contribution in [2.24, 2.45) is 5.73 Å². The van der Waals surface area contributed by atoms with E-state index in [1.54, 1.807) is 0 Å². The molecule has 3 heteroatoms. The number of hydrogen-bond donors (Lipinski definition) is 1. The molecule has 0 fully saturated rings. The summed E-state index contributed by atoms with van der Waals surface area (Å²) in [4.78, 5) is 2.47. The Kier molecular flexibility index (Phi) is 5.03. The summed E-state index contributed by atoms with van der Waals surface area (Å²) in [6.45, 7) is 6.41. The molecule has 2 unspecified atom stereocenters. The van der Waals surface area contributed by atoms with Gasteiger partial charge >= 0.3 is 0 Å². The highest BCUT2D eigenvalue weighted by molar-refractivity contribution is 6.30. The summed E-state index contributed by atoms with van der Waals surface area (Å²) in [5, 5.41) is 0.787. The molecule has 19 heavy (non-hydrogen) atoms. The van der Waals surface area contributed by atoms with Crippen molar-refractivity contribution in [1.82, 2.24) is 4.90 Å². The normalized spacial score (nSPS) is 19.9. The molecule has 0 aromatic heterocycles. The zero-order valence-corrected chi connectivity index (χ0v) is 12.5. The van der Waals surface area contributed by atoms with Gasteiger partial charge in [0.25, 0.3) is 0 Å². The third-order valence-electron chi connectivity index (χ3n) is 3.93. The number of nitrogens with zero attached hydrogens (tertiary/aromatic N) is 1. The van der Waals surface area contributed by atoms with Crippen LogP contribution in [-0.2, 0) is 0 Å². The lowest BCUT2D eigenvalue weighted by Crippen LogP contribution is -2.42. The monoisotopic (exact) mass is 278 g/mol. The quantitative estimate of drug-likeness (QED) is 0.850. The molecule has 0 bridgehead atoms. The molecule has 2 rings (SSSR count). The van der Waals surface area contributed by atoms with Crippen LogP contribution in [0.25, 0.3) is 0 Å². The summed E-state index contributed by atoms with van der Waals surface area (Å²) >= 11 is 6.13. The van der Waals surface area contributed by atoms with Gasteiger partial charge in [0.15, 0.2) is 0 Å². The molecule has 0 saturated carbocycles. The highest BCUT2D eigenvalue weighted by Gasteiger charge is 2.26. The van der Waals surface area contributed by atoms with Crippen LogP contribution < -0.4 is 5.73 Å². The molecule has 1 aliphatic rings. The zero-order chi connectivity index (χ0) is 13.8. The van der Waals surface area contributed by atoms with E-state index in [0.717, 1.165) is 31.0 Å². The molecule has 1 heterocycles. The van der Waals surface area contributed by atoms with Crippen LogP contribution >= 0.6 is 11.6 Å². The van der Waals surface area contributed by atoms with Crippen LogP contribution in [-0.4, -0.2) is 24.0 Å². The van der Waals surface area contributed by atoms with Gasteiger partial charge < -0.3 is 5.73 Å². The van der Waals surface area contributed by atoms with Gasteiger partial charge in [0.2, 0.25) is 0 Å². The number of halogens is 1. The van der Waals surface area contributed by atoms with Gasteiger partial charge in [0.05, 0.1) is 6.04 Å². The summed E-state index contributed by atoms with van der Waals surface area (Å²) in [6.07, 6.45) is 4.41. The minimum Gasteiger partial charge on any atom is -0.326 e. The Balaban J connectivity index is 2.26. The fourth-order valence-corrected chi connectivity index (χ4v) is 2.88. The van der Waals surface area contributed by atoms with Crippen LogP contribution in [0.5, 0.6) is 0 Å². The van der Waals surface area contributed by atoms with Gasteiger partial charge in [-0.2, -0.15) is 0 Å². The average Bonchev–Trinajstić information content (AvgIpc) is 2.41. The van der Waals surface area contributed by atoms with Gasteiger partial charge in [-0.15, -0.1) is 0 Å². The van der Waals surface area contributed by atoms with Crippen LogP contribution in [0, 0.1) is 0 Å². The number of rotatable bonds is 4. The first-order valence-corrected chi connectivity index (χ1v) is 7.40. The second-order valence-electron chi connectivity index (χ2n) is 5.37. The lowest BCUT2D eigenvalue weighted by molar-refractivity contribution is 0.182. The largest absolute Gasteiger partial charge is 0.326 e. The van der Waals surface area contributed by atoms with Gasteiger partial charge in [0, 0.05) is 24.2 Å². The topological polar surface area (TPSA) is 29.3 Å². The van der Waals surface area contributed by atoms with Gasteiger partial charge in [-0.3, -0.25) is 4.90 Å². The number of hydrogen-bond acceptors (Lipinski definition) is 2. The van der Waals surface area contributed by atoms with Crippen LogP contribution in [0.4, 0.5) is 0 Å². The number of nitrogens with two attached hydrogens (primary N) is 1. The Hall–Kier alpha value is -0.830. The summed E-state index contributed by atoms with van der Waals surface area (Å²) in [6, 6.07) is 8.51. The van der Waals surface area contributed by atoms with E-state index in [0.29, 0.717) is 0 Å². The minimum absolute atomic E-state index is 0.144. The molecule has 0 radical (unpaired) electrons. The van der Waals surface area contributed by atoms with Crippen molar-refractivity contribution in [2.45, 2.75) is 38.8 Å². The first-order valence-electron chi connectivity index (χ1n) is 7.02. The molecule has 0 saturated heterocycles. The Morgan fingerprint density at radius 1 is 1.42 bits per heavy atom. The fourth-order valence-electron chi connectivity index (χ4n) is 2.68. The Bertz CT molecular complexity index is 456. The first kappa shape index (κ1) is 14.6. The average molecular weight is 279 g/mol. The Morgan fingerprint density at radius 3 is 2.79 bits per heavy atom. The molecule has 1 aromatic rings. The summed E-state index contributed by atoms with van der Waals surface area (Å²) in [5.74, 6) is 0. The molecular weight excluding hydrogens is 256 g/mol. The van der Waals surface area contributed by atoms with E-state index in [-0.39, 0.29) is 12.1 Å². The van der Waals surface area contributed by atoms with Crippen molar-refractivity contribution in [1.29, 1.82) is 0 Å². The van der Waals surface area contributed by atoms with Crippen molar-refractivity contribution in [3.05, 3.63) is 46.5 Å². The predicted octanol–water partition coefficient (Wildman–Crippen LogP) is 3.77. The van der Waals surface area contributed by atoms with Crippen LogP contribution in [0.1, 0.15) is 38.3 Å². The summed E-state index contributed by atoms with van der Waals surface area (Å²) < 4.78 is 0. The van der Waals surface area contributed by atoms with E-state index < -0.39 is 0 Å². The van der Waals surface area contributed by atoms with Crippen LogP contribution in [0.2, 0.25) is 5.02 Å². The van der Waals surface area contributed by atoms with Gasteiger partial charge in [0.1, 0.15) is 0 Å². The molecule has 2 nitrogen and oxygen atoms in total. The molecule has 104 valence electrons. The molecule has 1 aliphatic heterocycles. The number of benzene rings is 1. The van der Waals surface area contributed by atoms with Crippen molar-refractivity contribution in [3.8, 4) is 0 Å². The standard InChI is InChI=1S/C16H23ClN2/c1-3-15(18)16(13-5-4-6-14(17)11-13)19-9-7-12(2)8-10-19/h4-7,11,15-16H,3,8-10,18H2,1-2H3. The lowest BCUT2D eigenvalue weighted by atomic mass is 9.94. The Morgan fingerprint density at radius 2 is 2.21 bits per heavy atom. The van der Waals surface area contributed by atoms with Gasteiger partial charge in [-0.1, -0.05) is 42.3 Å². The van der Waals surface area contributed by atoms with E-state index in [9.17, 15) is 0 Å². The Labute approximate surface area is 121 Å². The first-order chi connectivity index (χ1) is 9.11. The molecule has 2 N–H and O–H groups in total. The van der Waals surface area contributed by atoms with E-state index in [1.165, 1.54) is 11.1 Å². The van der Waals surface area contributed by atoms with Crippen molar-refractivity contribution in [3.63, 3.8) is 0 Å². The van der Waals surface area contributed by atoms with E-state index in [1.807, 2.05) is 18.2 Å². The molecule has 0 aliphatic carbocycles. The van der Waals surface area contributed by atoms with Gasteiger partial charge in [-0.25, -0.2) is 0 Å². The van der Waals surface area contributed by atoms with Crippen LogP contribution in [0.3, 0.4) is 0 Å². The summed E-state index contributed by atoms with van der Waals surface area (Å²) in [5.41, 5.74) is 9.07. The summed E-state index contributed by atoms with van der Waals surface area (Å²) in [7, 11) is 0. The van der Waals surface area contributed by atoms with E-state index in [4.69, 9.17) is 17.3 Å². The molecule has 1 aromatic carbocycles. The SMILES string of the molecule is CCC(N)C(c1cccc(Cl)c1)N1CC=C(C)CC1. The highest BCUT2D eigenvalue weighted by atomic mass is 35.5. The molecule has 0 amide bonds. The molecule has 0 spiro atoms. The maximum Gasteiger partial charge on any atom is 0.0503 e. The smallest absolute Gasteiger partial charge is 0.0503 e. The van der Waals surface area contributed by atoms with Gasteiger partial charge in [-0.05, 0) is 37.5 Å². The molecular formula is C16H23ClN2. The van der Waals surface area contributed by atoms with Crippen molar-refractivity contribution < 1.29 is 0 Å². The predicted molar refractivity (Wildman–Crippen MR) is 82.4 cm³/mol. The van der Waals surface area contributed by atoms with E-state index in [2.05, 4.69) is 30.9 Å². The second-order valence-corrected chi connectivity index (χ2v) is 5.80.